The SMILES string of the molecule is NCCC(=O)NC1CCCN(c2cccc(F)c2)C1. The molecular formula is C14H20FN3O. The van der Waals surface area contributed by atoms with E-state index in [-0.39, 0.29) is 17.8 Å². The first-order valence-corrected chi connectivity index (χ1v) is 6.69. The highest BCUT2D eigenvalue weighted by Crippen LogP contribution is 2.20. The van der Waals surface area contributed by atoms with Crippen LogP contribution in [0.5, 0.6) is 0 Å². The number of rotatable bonds is 4. The topological polar surface area (TPSA) is 58.4 Å². The minimum atomic E-state index is -0.230. The average molecular weight is 265 g/mol. The van der Waals surface area contributed by atoms with Crippen LogP contribution in [0.25, 0.3) is 0 Å². The van der Waals surface area contributed by atoms with E-state index in [9.17, 15) is 9.18 Å². The number of nitrogens with two attached hydrogens (primary N) is 1. The van der Waals surface area contributed by atoms with Gasteiger partial charge in [0.25, 0.3) is 0 Å². The molecule has 0 aliphatic carbocycles. The van der Waals surface area contributed by atoms with Crippen LogP contribution in [-0.4, -0.2) is 31.6 Å². The van der Waals surface area contributed by atoms with E-state index in [0.29, 0.717) is 13.0 Å². The number of benzene rings is 1. The molecule has 1 heterocycles. The number of amides is 1. The number of hydrogen-bond donors (Lipinski definition) is 2. The number of halogens is 1. The van der Waals surface area contributed by atoms with Crippen molar-refractivity contribution in [2.24, 2.45) is 5.73 Å². The third-order valence-corrected chi connectivity index (χ3v) is 3.33. The van der Waals surface area contributed by atoms with Crippen molar-refractivity contribution in [3.63, 3.8) is 0 Å². The van der Waals surface area contributed by atoms with Gasteiger partial charge in [-0.15, -0.1) is 0 Å². The first kappa shape index (κ1) is 13.8. The lowest BCUT2D eigenvalue weighted by Gasteiger charge is -2.34. The molecule has 0 radical (unpaired) electrons. The molecule has 1 aliphatic rings. The largest absolute Gasteiger partial charge is 0.369 e. The number of nitrogens with one attached hydrogen (secondary N) is 1. The molecule has 1 unspecified atom stereocenters. The molecule has 1 aromatic rings. The Morgan fingerprint density at radius 1 is 1.53 bits per heavy atom. The van der Waals surface area contributed by atoms with E-state index in [0.717, 1.165) is 31.6 Å². The van der Waals surface area contributed by atoms with Crippen molar-refractivity contribution in [1.29, 1.82) is 0 Å². The van der Waals surface area contributed by atoms with Crippen molar-refractivity contribution >= 4 is 11.6 Å². The van der Waals surface area contributed by atoms with E-state index in [1.54, 1.807) is 6.07 Å². The summed E-state index contributed by atoms with van der Waals surface area (Å²) in [6.07, 6.45) is 2.31. The van der Waals surface area contributed by atoms with E-state index in [2.05, 4.69) is 10.2 Å². The smallest absolute Gasteiger partial charge is 0.221 e. The van der Waals surface area contributed by atoms with Crippen LogP contribution in [0.3, 0.4) is 0 Å². The summed E-state index contributed by atoms with van der Waals surface area (Å²) in [5.74, 6) is -0.236. The molecule has 1 atom stereocenters. The predicted octanol–water partition coefficient (Wildman–Crippen LogP) is 1.26. The summed E-state index contributed by atoms with van der Waals surface area (Å²) < 4.78 is 13.2. The van der Waals surface area contributed by atoms with Crippen molar-refractivity contribution in [2.75, 3.05) is 24.5 Å². The molecule has 2 rings (SSSR count). The Morgan fingerprint density at radius 2 is 2.37 bits per heavy atom. The Labute approximate surface area is 112 Å². The zero-order chi connectivity index (χ0) is 13.7. The Morgan fingerprint density at radius 3 is 3.11 bits per heavy atom. The van der Waals surface area contributed by atoms with E-state index >= 15 is 0 Å². The number of nitrogens with zero attached hydrogens (tertiary/aromatic N) is 1. The number of hydrogen-bond acceptors (Lipinski definition) is 3. The summed E-state index contributed by atoms with van der Waals surface area (Å²) >= 11 is 0. The van der Waals surface area contributed by atoms with Gasteiger partial charge >= 0.3 is 0 Å². The Kier molecular flexibility index (Phi) is 4.74. The maximum absolute atomic E-state index is 13.2. The molecule has 0 aromatic heterocycles. The molecule has 1 saturated heterocycles. The first-order chi connectivity index (χ1) is 9.19. The van der Waals surface area contributed by atoms with Crippen molar-refractivity contribution < 1.29 is 9.18 Å². The molecule has 0 bridgehead atoms. The van der Waals surface area contributed by atoms with E-state index in [4.69, 9.17) is 5.73 Å². The third-order valence-electron chi connectivity index (χ3n) is 3.33. The number of piperidine rings is 1. The molecular weight excluding hydrogens is 245 g/mol. The molecule has 1 fully saturated rings. The highest BCUT2D eigenvalue weighted by Gasteiger charge is 2.21. The maximum Gasteiger partial charge on any atom is 0.221 e. The molecule has 3 N–H and O–H groups in total. The molecule has 1 aliphatic heterocycles. The Hall–Kier alpha value is -1.62. The minimum absolute atomic E-state index is 0.00593. The highest BCUT2D eigenvalue weighted by molar-refractivity contribution is 5.76. The van der Waals surface area contributed by atoms with Crippen LogP contribution in [0.1, 0.15) is 19.3 Å². The fourth-order valence-electron chi connectivity index (χ4n) is 2.43. The standard InChI is InChI=1S/C14H20FN3O/c15-11-3-1-5-13(9-11)18-8-2-4-12(10-18)17-14(19)6-7-16/h1,3,5,9,12H,2,4,6-8,10,16H2,(H,17,19). The van der Waals surface area contributed by atoms with Gasteiger partial charge in [0.15, 0.2) is 0 Å². The number of carbonyl (C=O) groups is 1. The Bertz CT molecular complexity index is 438. The molecule has 5 heteroatoms. The highest BCUT2D eigenvalue weighted by atomic mass is 19.1. The monoisotopic (exact) mass is 265 g/mol. The van der Waals surface area contributed by atoms with Crippen LogP contribution in [0.4, 0.5) is 10.1 Å². The molecule has 0 spiro atoms. The van der Waals surface area contributed by atoms with Gasteiger partial charge in [-0.05, 0) is 31.0 Å². The molecule has 0 saturated carbocycles. The minimum Gasteiger partial charge on any atom is -0.369 e. The summed E-state index contributed by atoms with van der Waals surface area (Å²) in [5, 5.41) is 2.98. The Balaban J connectivity index is 1.95. The van der Waals surface area contributed by atoms with Crippen LogP contribution >= 0.6 is 0 Å². The van der Waals surface area contributed by atoms with E-state index in [1.165, 1.54) is 12.1 Å². The second-order valence-electron chi connectivity index (χ2n) is 4.87. The van der Waals surface area contributed by atoms with Gasteiger partial charge in [0.2, 0.25) is 5.91 Å². The fourth-order valence-corrected chi connectivity index (χ4v) is 2.43. The van der Waals surface area contributed by atoms with Crippen LogP contribution < -0.4 is 16.0 Å². The summed E-state index contributed by atoms with van der Waals surface area (Å²) in [7, 11) is 0. The van der Waals surface area contributed by atoms with Crippen molar-refractivity contribution in [3.8, 4) is 0 Å². The normalized spacial score (nSPS) is 19.3. The van der Waals surface area contributed by atoms with Gasteiger partial charge in [-0.1, -0.05) is 6.07 Å². The first-order valence-electron chi connectivity index (χ1n) is 6.69. The molecule has 19 heavy (non-hydrogen) atoms. The van der Waals surface area contributed by atoms with Gasteiger partial charge in [-0.3, -0.25) is 4.79 Å². The van der Waals surface area contributed by atoms with Gasteiger partial charge in [-0.2, -0.15) is 0 Å². The van der Waals surface area contributed by atoms with Crippen molar-refractivity contribution in [2.45, 2.75) is 25.3 Å². The molecule has 104 valence electrons. The third kappa shape index (κ3) is 3.92. The van der Waals surface area contributed by atoms with E-state index < -0.39 is 0 Å². The average Bonchev–Trinajstić information content (AvgIpc) is 2.39. The van der Waals surface area contributed by atoms with Crippen LogP contribution in [0.2, 0.25) is 0 Å². The van der Waals surface area contributed by atoms with Gasteiger partial charge in [-0.25, -0.2) is 4.39 Å². The van der Waals surface area contributed by atoms with Gasteiger partial charge in [0.05, 0.1) is 0 Å². The summed E-state index contributed by atoms with van der Waals surface area (Å²) in [4.78, 5) is 13.7. The van der Waals surface area contributed by atoms with Gasteiger partial charge in [0.1, 0.15) is 5.82 Å². The lowest BCUT2D eigenvalue weighted by molar-refractivity contribution is -0.121. The summed E-state index contributed by atoms with van der Waals surface area (Å²) in [6, 6.07) is 6.70. The number of carbonyl (C=O) groups excluding carboxylic acids is 1. The van der Waals surface area contributed by atoms with Crippen LogP contribution in [0.15, 0.2) is 24.3 Å². The lowest BCUT2D eigenvalue weighted by atomic mass is 10.0. The van der Waals surface area contributed by atoms with Crippen LogP contribution in [0, 0.1) is 5.82 Å². The second kappa shape index (κ2) is 6.52. The molecule has 4 nitrogen and oxygen atoms in total. The summed E-state index contributed by atoms with van der Waals surface area (Å²) in [5.41, 5.74) is 6.23. The maximum atomic E-state index is 13.2. The van der Waals surface area contributed by atoms with Crippen molar-refractivity contribution in [3.05, 3.63) is 30.1 Å². The van der Waals surface area contributed by atoms with Crippen LogP contribution in [-0.2, 0) is 4.79 Å². The van der Waals surface area contributed by atoms with Gasteiger partial charge < -0.3 is 16.0 Å². The fraction of sp³-hybridized carbons (Fsp3) is 0.500. The van der Waals surface area contributed by atoms with Gasteiger partial charge in [0, 0.05) is 37.8 Å². The number of anilines is 1. The van der Waals surface area contributed by atoms with E-state index in [1.807, 2.05) is 6.07 Å². The predicted molar refractivity (Wildman–Crippen MR) is 73.4 cm³/mol. The summed E-state index contributed by atoms with van der Waals surface area (Å²) in [6.45, 7) is 1.98. The molecule has 1 aromatic carbocycles. The quantitative estimate of drug-likeness (QED) is 0.861. The zero-order valence-corrected chi connectivity index (χ0v) is 10.9. The second-order valence-corrected chi connectivity index (χ2v) is 4.87. The zero-order valence-electron chi connectivity index (χ0n) is 10.9. The lowest BCUT2D eigenvalue weighted by Crippen LogP contribution is -2.48. The molecule has 1 amide bonds. The van der Waals surface area contributed by atoms with Crippen molar-refractivity contribution in [1.82, 2.24) is 5.32 Å².